The van der Waals surface area contributed by atoms with Crippen LogP contribution in [0.4, 0.5) is 5.69 Å². The molecule has 0 bridgehead atoms. The number of carboxylic acids is 1. The summed E-state index contributed by atoms with van der Waals surface area (Å²) < 4.78 is 0. The van der Waals surface area contributed by atoms with Crippen LogP contribution in [0.25, 0.3) is 10.8 Å². The predicted molar refractivity (Wildman–Crippen MR) is 114 cm³/mol. The van der Waals surface area contributed by atoms with Gasteiger partial charge in [0.05, 0.1) is 12.3 Å². The average Bonchev–Trinajstić information content (AvgIpc) is 2.73. The Morgan fingerprint density at radius 2 is 1.83 bits per heavy atom. The van der Waals surface area contributed by atoms with Gasteiger partial charge >= 0.3 is 5.97 Å². The van der Waals surface area contributed by atoms with E-state index in [0.717, 1.165) is 28.4 Å². The smallest absolute Gasteiger partial charge is 0.307 e. The van der Waals surface area contributed by atoms with Crippen molar-refractivity contribution in [1.29, 1.82) is 0 Å². The number of aliphatic carboxylic acids is 1. The minimum atomic E-state index is -0.762. The zero-order valence-corrected chi connectivity index (χ0v) is 16.1. The summed E-state index contributed by atoms with van der Waals surface area (Å²) in [4.78, 5) is 24.2. The molecule has 4 rings (SSSR count). The number of rotatable bonds is 5. The second-order valence-corrected chi connectivity index (χ2v) is 7.58. The number of piperidine rings is 1. The Kier molecular flexibility index (Phi) is 5.58. The van der Waals surface area contributed by atoms with E-state index in [2.05, 4.69) is 16.7 Å². The van der Waals surface area contributed by atoms with Crippen molar-refractivity contribution in [3.63, 3.8) is 0 Å². The van der Waals surface area contributed by atoms with Gasteiger partial charge in [-0.25, -0.2) is 0 Å². The van der Waals surface area contributed by atoms with Crippen LogP contribution in [0.3, 0.4) is 0 Å². The van der Waals surface area contributed by atoms with E-state index in [-0.39, 0.29) is 18.2 Å². The number of benzene rings is 3. The molecule has 3 aromatic carbocycles. The van der Waals surface area contributed by atoms with Crippen LogP contribution in [0, 0.1) is 5.92 Å². The summed E-state index contributed by atoms with van der Waals surface area (Å²) in [6, 6.07) is 21.7. The fourth-order valence-electron chi connectivity index (χ4n) is 4.09. The molecule has 5 heteroatoms. The first-order valence-corrected chi connectivity index (χ1v) is 9.91. The lowest BCUT2D eigenvalue weighted by Gasteiger charge is -2.29. The van der Waals surface area contributed by atoms with E-state index in [1.165, 1.54) is 0 Å². The Bertz CT molecular complexity index is 1050. The van der Waals surface area contributed by atoms with Gasteiger partial charge in [0, 0.05) is 18.2 Å². The third-order valence-electron chi connectivity index (χ3n) is 5.58. The number of fused-ring (bicyclic) bond motifs is 1. The monoisotopic (exact) mass is 388 g/mol. The Balaban J connectivity index is 1.46. The summed E-state index contributed by atoms with van der Waals surface area (Å²) in [6.07, 6.45) is 0.899. The molecule has 0 unspecified atom stereocenters. The highest BCUT2D eigenvalue weighted by Crippen LogP contribution is 2.31. The number of carbonyl (C=O) groups excluding carboxylic acids is 1. The van der Waals surface area contributed by atoms with Crippen molar-refractivity contribution in [2.75, 3.05) is 18.4 Å². The average molecular weight is 388 g/mol. The fourth-order valence-corrected chi connectivity index (χ4v) is 4.09. The van der Waals surface area contributed by atoms with Crippen LogP contribution in [0.1, 0.15) is 23.5 Å². The largest absolute Gasteiger partial charge is 0.481 e. The summed E-state index contributed by atoms with van der Waals surface area (Å²) in [6.45, 7) is 1.35. The number of carbonyl (C=O) groups is 2. The first-order chi connectivity index (χ1) is 14.1. The van der Waals surface area contributed by atoms with Crippen LogP contribution in [0.15, 0.2) is 66.7 Å². The molecule has 0 saturated carbocycles. The van der Waals surface area contributed by atoms with E-state index >= 15 is 0 Å². The first kappa shape index (κ1) is 19.2. The van der Waals surface area contributed by atoms with E-state index < -0.39 is 11.9 Å². The van der Waals surface area contributed by atoms with E-state index in [4.69, 9.17) is 0 Å². The van der Waals surface area contributed by atoms with Gasteiger partial charge in [-0.1, -0.05) is 54.6 Å². The van der Waals surface area contributed by atoms with Gasteiger partial charge < -0.3 is 15.7 Å². The van der Waals surface area contributed by atoms with Crippen molar-refractivity contribution in [2.24, 2.45) is 5.92 Å². The van der Waals surface area contributed by atoms with Gasteiger partial charge in [0.2, 0.25) is 5.91 Å². The van der Waals surface area contributed by atoms with Crippen molar-refractivity contribution in [3.05, 3.63) is 77.9 Å². The molecule has 148 valence electrons. The third-order valence-corrected chi connectivity index (χ3v) is 5.58. The van der Waals surface area contributed by atoms with Crippen molar-refractivity contribution in [3.8, 4) is 0 Å². The minimum Gasteiger partial charge on any atom is -0.481 e. The molecule has 0 spiro atoms. The number of hydrogen-bond donors (Lipinski definition) is 3. The molecule has 1 fully saturated rings. The molecule has 0 aromatic heterocycles. The molecule has 1 aliphatic rings. The van der Waals surface area contributed by atoms with Gasteiger partial charge in [-0.15, -0.1) is 0 Å². The minimum absolute atomic E-state index is 0.0889. The van der Waals surface area contributed by atoms with Crippen LogP contribution >= 0.6 is 0 Å². The summed E-state index contributed by atoms with van der Waals surface area (Å²) >= 11 is 0. The molecule has 2 atom stereocenters. The van der Waals surface area contributed by atoms with Crippen LogP contribution in [-0.4, -0.2) is 30.1 Å². The highest BCUT2D eigenvalue weighted by Gasteiger charge is 2.31. The topological polar surface area (TPSA) is 78.4 Å². The second kappa shape index (κ2) is 8.45. The summed E-state index contributed by atoms with van der Waals surface area (Å²) in [5.74, 6) is -1.35. The maximum Gasteiger partial charge on any atom is 0.307 e. The van der Waals surface area contributed by atoms with Crippen molar-refractivity contribution < 1.29 is 14.7 Å². The quantitative estimate of drug-likeness (QED) is 0.621. The first-order valence-electron chi connectivity index (χ1n) is 9.91. The third kappa shape index (κ3) is 4.46. The number of anilines is 1. The Morgan fingerprint density at radius 1 is 1.00 bits per heavy atom. The molecule has 1 saturated heterocycles. The van der Waals surface area contributed by atoms with E-state index in [9.17, 15) is 14.7 Å². The van der Waals surface area contributed by atoms with Crippen LogP contribution in [0.2, 0.25) is 0 Å². The zero-order valence-electron chi connectivity index (χ0n) is 16.1. The normalized spacial score (nSPS) is 19.0. The SMILES string of the molecule is O=C(Cc1ccc2ccccc2c1)Nc1cccc([C@@H]2CNCC[C@H]2C(=O)O)c1. The number of carboxylic acid groups (broad SMARTS) is 1. The van der Waals surface area contributed by atoms with Crippen molar-refractivity contribution in [2.45, 2.75) is 18.8 Å². The fraction of sp³-hybridized carbons (Fsp3) is 0.250. The lowest BCUT2D eigenvalue weighted by Crippen LogP contribution is -2.38. The van der Waals surface area contributed by atoms with E-state index in [1.54, 1.807) is 0 Å². The zero-order chi connectivity index (χ0) is 20.2. The summed E-state index contributed by atoms with van der Waals surface area (Å²) in [7, 11) is 0. The molecule has 3 N–H and O–H groups in total. The Morgan fingerprint density at radius 3 is 2.66 bits per heavy atom. The molecular formula is C24H24N2O3. The van der Waals surface area contributed by atoms with Crippen molar-refractivity contribution in [1.82, 2.24) is 5.32 Å². The Hall–Kier alpha value is -3.18. The molecule has 5 nitrogen and oxygen atoms in total. The van der Waals surface area contributed by atoms with Crippen molar-refractivity contribution >= 4 is 28.3 Å². The second-order valence-electron chi connectivity index (χ2n) is 7.58. The highest BCUT2D eigenvalue weighted by molar-refractivity contribution is 5.93. The summed E-state index contributed by atoms with van der Waals surface area (Å²) in [5, 5.41) is 18.0. The summed E-state index contributed by atoms with van der Waals surface area (Å²) in [5.41, 5.74) is 2.59. The lowest BCUT2D eigenvalue weighted by molar-refractivity contribution is -0.143. The number of amides is 1. The highest BCUT2D eigenvalue weighted by atomic mass is 16.4. The van der Waals surface area contributed by atoms with Gasteiger partial charge in [-0.05, 0) is 47.0 Å². The van der Waals surface area contributed by atoms with Gasteiger partial charge in [-0.3, -0.25) is 9.59 Å². The van der Waals surface area contributed by atoms with Gasteiger partial charge in [-0.2, -0.15) is 0 Å². The predicted octanol–water partition coefficient (Wildman–Crippen LogP) is 3.80. The molecule has 0 aliphatic carbocycles. The number of hydrogen-bond acceptors (Lipinski definition) is 3. The van der Waals surface area contributed by atoms with Gasteiger partial charge in [0.15, 0.2) is 0 Å². The lowest BCUT2D eigenvalue weighted by atomic mass is 9.81. The number of nitrogens with one attached hydrogen (secondary N) is 2. The van der Waals surface area contributed by atoms with E-state index in [1.807, 2.05) is 60.7 Å². The van der Waals surface area contributed by atoms with E-state index in [0.29, 0.717) is 18.7 Å². The molecular weight excluding hydrogens is 364 g/mol. The molecule has 0 radical (unpaired) electrons. The maximum atomic E-state index is 12.6. The van der Waals surface area contributed by atoms with Crippen LogP contribution in [-0.2, 0) is 16.0 Å². The molecule has 1 aliphatic heterocycles. The standard InChI is InChI=1S/C24H24N2O3/c27-23(13-16-8-9-17-4-1-2-5-18(17)12-16)26-20-7-3-6-19(14-20)22-15-25-11-10-21(22)24(28)29/h1-9,12,14,21-22,25H,10-11,13,15H2,(H,26,27)(H,28,29)/t21-,22+/m1/s1. The van der Waals surface area contributed by atoms with Crippen LogP contribution < -0.4 is 10.6 Å². The molecule has 1 amide bonds. The van der Waals surface area contributed by atoms with Gasteiger partial charge in [0.1, 0.15) is 0 Å². The Labute approximate surface area is 169 Å². The molecule has 3 aromatic rings. The molecule has 29 heavy (non-hydrogen) atoms. The maximum absolute atomic E-state index is 12.6. The van der Waals surface area contributed by atoms with Crippen LogP contribution in [0.5, 0.6) is 0 Å². The molecule has 1 heterocycles. The van der Waals surface area contributed by atoms with Gasteiger partial charge in [0.25, 0.3) is 0 Å².